The van der Waals surface area contributed by atoms with Crippen molar-refractivity contribution in [1.82, 2.24) is 20.5 Å². The van der Waals surface area contributed by atoms with E-state index in [9.17, 15) is 28.0 Å². The van der Waals surface area contributed by atoms with E-state index in [0.717, 1.165) is 34.6 Å². The van der Waals surface area contributed by atoms with E-state index in [1.165, 1.54) is 11.4 Å². The van der Waals surface area contributed by atoms with E-state index in [4.69, 9.17) is 0 Å². The van der Waals surface area contributed by atoms with Crippen LogP contribution in [-0.2, 0) is 22.7 Å². The van der Waals surface area contributed by atoms with Crippen LogP contribution in [0.1, 0.15) is 34.3 Å². The second-order valence-electron chi connectivity index (χ2n) is 8.43. The van der Waals surface area contributed by atoms with E-state index >= 15 is 0 Å². The molecule has 3 N–H and O–H groups in total. The molecule has 0 saturated carbocycles. The van der Waals surface area contributed by atoms with Crippen LogP contribution in [0.2, 0.25) is 0 Å². The van der Waals surface area contributed by atoms with Crippen molar-refractivity contribution in [2.75, 3.05) is 5.32 Å². The van der Waals surface area contributed by atoms with Crippen molar-refractivity contribution in [1.29, 1.82) is 0 Å². The van der Waals surface area contributed by atoms with Gasteiger partial charge in [0.1, 0.15) is 11.6 Å². The molecule has 0 bridgehead atoms. The third kappa shape index (κ3) is 4.86. The maximum absolute atomic E-state index is 14.0. The van der Waals surface area contributed by atoms with Gasteiger partial charge in [-0.3, -0.25) is 35.2 Å². The molecule has 1 unspecified atom stereocenters. The van der Waals surface area contributed by atoms with Crippen LogP contribution in [0.4, 0.5) is 18.7 Å². The van der Waals surface area contributed by atoms with Gasteiger partial charge in [-0.2, -0.15) is 0 Å². The average Bonchev–Trinajstić information content (AvgIpc) is 3.45. The zero-order valence-electron chi connectivity index (χ0n) is 18.6. The first kappa shape index (κ1) is 23.7. The lowest BCUT2D eigenvalue weighted by Crippen LogP contribution is -2.50. The summed E-state index contributed by atoms with van der Waals surface area (Å²) in [6, 6.07) is 6.92. The van der Waals surface area contributed by atoms with Crippen LogP contribution in [0.15, 0.2) is 41.8 Å². The Morgan fingerprint density at radius 3 is 2.67 bits per heavy atom. The predicted octanol–water partition coefficient (Wildman–Crippen LogP) is 3.17. The maximum Gasteiger partial charge on any atom is 0.327 e. The Morgan fingerprint density at radius 1 is 1.08 bits per heavy atom. The first-order valence-electron chi connectivity index (χ1n) is 11.0. The number of halogens is 2. The fourth-order valence-electron chi connectivity index (χ4n) is 4.27. The second kappa shape index (κ2) is 9.55. The number of benzene rings is 2. The number of fused-ring (bicyclic) bond motifs is 1. The van der Waals surface area contributed by atoms with E-state index in [-0.39, 0.29) is 40.2 Å². The van der Waals surface area contributed by atoms with Crippen molar-refractivity contribution >= 4 is 40.2 Å². The Hall–Kier alpha value is -4.03. The van der Waals surface area contributed by atoms with Crippen molar-refractivity contribution < 1.29 is 28.0 Å². The molecule has 2 aliphatic rings. The summed E-state index contributed by atoms with van der Waals surface area (Å²) in [7, 11) is 0. The smallest absolute Gasteiger partial charge is 0.295 e. The minimum atomic E-state index is -0.814. The van der Waals surface area contributed by atoms with Gasteiger partial charge < -0.3 is 0 Å². The summed E-state index contributed by atoms with van der Waals surface area (Å²) in [6.45, 7) is 0.960. The molecule has 1 aromatic heterocycles. The molecule has 184 valence electrons. The van der Waals surface area contributed by atoms with Crippen molar-refractivity contribution in [2.45, 2.75) is 32.0 Å². The molecule has 5 amide bonds. The molecule has 5 rings (SSSR count). The number of urea groups is 1. The second-order valence-corrected chi connectivity index (χ2v) is 9.28. The van der Waals surface area contributed by atoms with Gasteiger partial charge in [0.15, 0.2) is 5.13 Å². The van der Waals surface area contributed by atoms with Crippen LogP contribution in [0.25, 0.3) is 11.3 Å². The standard InChI is InChI=1S/C24H19F2N5O4S/c25-15-3-4-16(17(26)8-15)18-11-36-24(27-18)30-23(35)29-21(33)12-1-2-13-9-31(10-14(13)7-12)19-5-6-20(32)28-22(19)34/h1-4,7-8,11,19H,5-6,9-10H2,(H,28,32,34)(H2,27,29,30,33,35). The van der Waals surface area contributed by atoms with Gasteiger partial charge in [-0.15, -0.1) is 11.3 Å². The van der Waals surface area contributed by atoms with E-state index in [2.05, 4.69) is 20.9 Å². The SMILES string of the molecule is O=C1CCC(N2Cc3ccc(C(=O)NC(=O)Nc4nc(-c5ccc(F)cc5F)cs4)cc3C2)C(=O)N1. The molecule has 2 aliphatic heterocycles. The molecule has 3 aromatic rings. The topological polar surface area (TPSA) is 120 Å². The Balaban J connectivity index is 1.20. The molecule has 2 aromatic carbocycles. The highest BCUT2D eigenvalue weighted by Gasteiger charge is 2.34. The number of anilines is 1. The van der Waals surface area contributed by atoms with Gasteiger partial charge in [0.2, 0.25) is 11.8 Å². The lowest BCUT2D eigenvalue weighted by Gasteiger charge is -2.29. The monoisotopic (exact) mass is 511 g/mol. The van der Waals surface area contributed by atoms with Gasteiger partial charge in [-0.1, -0.05) is 6.07 Å². The Kier molecular flexibility index (Phi) is 6.29. The number of imide groups is 2. The number of nitrogens with one attached hydrogen (secondary N) is 3. The Morgan fingerprint density at radius 2 is 1.89 bits per heavy atom. The maximum atomic E-state index is 14.0. The molecule has 3 heterocycles. The van der Waals surface area contributed by atoms with Crippen molar-refractivity contribution in [3.8, 4) is 11.3 Å². The molecular formula is C24H19F2N5O4S. The number of aromatic nitrogens is 1. The van der Waals surface area contributed by atoms with E-state index in [1.807, 2.05) is 4.90 Å². The number of piperidine rings is 1. The Labute approximate surface area is 207 Å². The number of nitrogens with zero attached hydrogens (tertiary/aromatic N) is 2. The van der Waals surface area contributed by atoms with Gasteiger partial charge in [-0.25, -0.2) is 18.6 Å². The number of carbonyl (C=O) groups excluding carboxylic acids is 4. The minimum absolute atomic E-state index is 0.0849. The number of hydrogen-bond donors (Lipinski definition) is 3. The third-order valence-corrected chi connectivity index (χ3v) is 6.78. The minimum Gasteiger partial charge on any atom is -0.295 e. The van der Waals surface area contributed by atoms with Crippen molar-refractivity contribution in [2.24, 2.45) is 0 Å². The summed E-state index contributed by atoms with van der Waals surface area (Å²) < 4.78 is 27.1. The molecule has 9 nitrogen and oxygen atoms in total. The fourth-order valence-corrected chi connectivity index (χ4v) is 4.97. The zero-order chi connectivity index (χ0) is 25.4. The molecule has 36 heavy (non-hydrogen) atoms. The quantitative estimate of drug-likeness (QED) is 0.463. The number of hydrogen-bond acceptors (Lipinski definition) is 7. The summed E-state index contributed by atoms with van der Waals surface area (Å²) in [4.78, 5) is 54.6. The molecule has 1 saturated heterocycles. The van der Waals surface area contributed by atoms with Crippen LogP contribution < -0.4 is 16.0 Å². The van der Waals surface area contributed by atoms with Gasteiger partial charge in [0.25, 0.3) is 5.91 Å². The third-order valence-electron chi connectivity index (χ3n) is 6.02. The largest absolute Gasteiger partial charge is 0.327 e. The molecule has 1 atom stereocenters. The van der Waals surface area contributed by atoms with Crippen molar-refractivity contribution in [3.63, 3.8) is 0 Å². The zero-order valence-corrected chi connectivity index (χ0v) is 19.5. The first-order valence-corrected chi connectivity index (χ1v) is 11.9. The summed E-state index contributed by atoms with van der Waals surface area (Å²) in [5.74, 6) is -2.71. The van der Waals surface area contributed by atoms with Crippen LogP contribution >= 0.6 is 11.3 Å². The van der Waals surface area contributed by atoms with E-state index in [0.29, 0.717) is 19.5 Å². The molecule has 12 heteroatoms. The molecule has 1 fully saturated rings. The number of thiazole rings is 1. The molecule has 0 aliphatic carbocycles. The highest BCUT2D eigenvalue weighted by atomic mass is 32.1. The van der Waals surface area contributed by atoms with Gasteiger partial charge >= 0.3 is 6.03 Å². The fraction of sp³-hybridized carbons (Fsp3) is 0.208. The van der Waals surface area contributed by atoms with E-state index in [1.54, 1.807) is 18.2 Å². The van der Waals surface area contributed by atoms with Gasteiger partial charge in [0.05, 0.1) is 11.7 Å². The molecule has 0 radical (unpaired) electrons. The number of amides is 5. The van der Waals surface area contributed by atoms with Crippen molar-refractivity contribution in [3.05, 3.63) is 70.1 Å². The number of carbonyl (C=O) groups is 4. The van der Waals surface area contributed by atoms with Gasteiger partial charge in [0, 0.05) is 42.1 Å². The van der Waals surface area contributed by atoms with Crippen LogP contribution in [0, 0.1) is 11.6 Å². The summed E-state index contributed by atoms with van der Waals surface area (Å²) in [6.07, 6.45) is 0.726. The normalized spacial score (nSPS) is 17.4. The van der Waals surface area contributed by atoms with Crippen LogP contribution in [-0.4, -0.2) is 39.7 Å². The summed E-state index contributed by atoms with van der Waals surface area (Å²) in [5.41, 5.74) is 2.39. The average molecular weight is 512 g/mol. The summed E-state index contributed by atoms with van der Waals surface area (Å²) >= 11 is 1.02. The summed E-state index contributed by atoms with van der Waals surface area (Å²) in [5, 5.41) is 8.65. The first-order chi connectivity index (χ1) is 17.3. The highest BCUT2D eigenvalue weighted by Crippen LogP contribution is 2.29. The highest BCUT2D eigenvalue weighted by molar-refractivity contribution is 7.14. The predicted molar refractivity (Wildman–Crippen MR) is 126 cm³/mol. The Bertz CT molecular complexity index is 1410. The van der Waals surface area contributed by atoms with E-state index < -0.39 is 29.6 Å². The lowest BCUT2D eigenvalue weighted by atomic mass is 10.0. The lowest BCUT2D eigenvalue weighted by molar-refractivity contribution is -0.137. The molecular weight excluding hydrogens is 492 g/mol. The van der Waals surface area contributed by atoms with Crippen LogP contribution in [0.5, 0.6) is 0 Å². The molecule has 0 spiro atoms. The van der Waals surface area contributed by atoms with Crippen LogP contribution in [0.3, 0.4) is 0 Å². The number of rotatable bonds is 4. The van der Waals surface area contributed by atoms with Gasteiger partial charge in [-0.05, 0) is 41.8 Å².